The third-order valence-electron chi connectivity index (χ3n) is 2.37. The number of hydrogen-bond acceptors (Lipinski definition) is 5. The van der Waals surface area contributed by atoms with E-state index in [2.05, 4.69) is 15.0 Å². The number of aryl methyl sites for hydroxylation is 1. The van der Waals surface area contributed by atoms with Crippen LogP contribution in [0.3, 0.4) is 0 Å². The summed E-state index contributed by atoms with van der Waals surface area (Å²) in [6.07, 6.45) is 5.20. The van der Waals surface area contributed by atoms with Crippen LogP contribution in [0.2, 0.25) is 0 Å². The van der Waals surface area contributed by atoms with E-state index in [1.807, 2.05) is 6.92 Å². The van der Waals surface area contributed by atoms with Crippen molar-refractivity contribution in [2.24, 2.45) is 4.99 Å². The number of carbonyl (C=O) groups excluding carboxylic acids is 1. The lowest BCUT2D eigenvalue weighted by Crippen LogP contribution is -2.13. The quantitative estimate of drug-likeness (QED) is 0.733. The molecular formula is C12H13N3O2. The van der Waals surface area contributed by atoms with Gasteiger partial charge in [-0.2, -0.15) is 0 Å². The number of carbonyl (C=O) groups is 1. The van der Waals surface area contributed by atoms with Gasteiger partial charge in [-0.15, -0.1) is 0 Å². The number of aliphatic imine (C=N–C) groups is 1. The number of ether oxygens (including phenoxy) is 1. The summed E-state index contributed by atoms with van der Waals surface area (Å²) in [5.41, 5.74) is 2.19. The van der Waals surface area contributed by atoms with Crippen LogP contribution in [0.5, 0.6) is 0 Å². The number of rotatable bonds is 3. The van der Waals surface area contributed by atoms with E-state index in [9.17, 15) is 4.79 Å². The fraction of sp³-hybridized carbons (Fsp3) is 0.333. The molecule has 17 heavy (non-hydrogen) atoms. The molecule has 0 bridgehead atoms. The molecule has 1 aromatic heterocycles. The minimum atomic E-state index is -0.379. The summed E-state index contributed by atoms with van der Waals surface area (Å²) in [5, 5.41) is 0. The number of esters is 1. The average Bonchev–Trinajstić information content (AvgIpc) is 2.80. The molecule has 5 heteroatoms. The maximum atomic E-state index is 11.4. The van der Waals surface area contributed by atoms with Crippen LogP contribution in [0.15, 0.2) is 23.5 Å². The van der Waals surface area contributed by atoms with Crippen LogP contribution >= 0.6 is 0 Å². The standard InChI is InChI=1S/C12H13N3O2/c1-3-17-12(16)11-4-9(5-15-11)10-6-13-8(2)14-7-10/h4,6-7H,3,5H2,1-2H3. The highest BCUT2D eigenvalue weighted by atomic mass is 16.5. The van der Waals surface area contributed by atoms with Crippen LogP contribution in [0.25, 0.3) is 5.57 Å². The second kappa shape index (κ2) is 4.86. The van der Waals surface area contributed by atoms with Crippen molar-refractivity contribution in [2.75, 3.05) is 13.2 Å². The first kappa shape index (κ1) is 11.4. The number of aromatic nitrogens is 2. The number of nitrogens with zero attached hydrogens (tertiary/aromatic N) is 3. The Morgan fingerprint density at radius 2 is 2.12 bits per heavy atom. The number of hydrogen-bond donors (Lipinski definition) is 0. The van der Waals surface area contributed by atoms with Gasteiger partial charge in [0.2, 0.25) is 0 Å². The zero-order valence-electron chi connectivity index (χ0n) is 9.80. The van der Waals surface area contributed by atoms with E-state index in [1.165, 1.54) is 0 Å². The molecule has 1 aliphatic rings. The lowest BCUT2D eigenvalue weighted by molar-refractivity contribution is -0.134. The van der Waals surface area contributed by atoms with Gasteiger partial charge in [0.1, 0.15) is 11.5 Å². The lowest BCUT2D eigenvalue weighted by Gasteiger charge is -1.99. The first-order valence-electron chi connectivity index (χ1n) is 5.42. The maximum absolute atomic E-state index is 11.4. The van der Waals surface area contributed by atoms with Crippen LogP contribution in [-0.2, 0) is 9.53 Å². The van der Waals surface area contributed by atoms with E-state index < -0.39 is 0 Å². The second-order valence-corrected chi connectivity index (χ2v) is 3.61. The van der Waals surface area contributed by atoms with Crippen molar-refractivity contribution in [1.82, 2.24) is 9.97 Å². The second-order valence-electron chi connectivity index (χ2n) is 3.61. The van der Waals surface area contributed by atoms with E-state index in [0.29, 0.717) is 18.9 Å². The van der Waals surface area contributed by atoms with Gasteiger partial charge in [-0.1, -0.05) is 0 Å². The smallest absolute Gasteiger partial charge is 0.356 e. The third kappa shape index (κ3) is 2.55. The molecule has 1 aliphatic heterocycles. The SMILES string of the molecule is CCOC(=O)C1=NCC(c2cnc(C)nc2)=C1. The molecule has 0 fully saturated rings. The van der Waals surface area contributed by atoms with Gasteiger partial charge >= 0.3 is 5.97 Å². The molecule has 1 aromatic rings. The first-order chi connectivity index (χ1) is 8.20. The van der Waals surface area contributed by atoms with Gasteiger partial charge in [0, 0.05) is 18.0 Å². The fourth-order valence-corrected chi connectivity index (χ4v) is 1.49. The van der Waals surface area contributed by atoms with E-state index in [4.69, 9.17) is 4.74 Å². The van der Waals surface area contributed by atoms with Crippen molar-refractivity contribution in [3.05, 3.63) is 29.9 Å². The molecule has 0 radical (unpaired) electrons. The molecule has 0 aromatic carbocycles. The highest BCUT2D eigenvalue weighted by Gasteiger charge is 2.17. The summed E-state index contributed by atoms with van der Waals surface area (Å²) in [4.78, 5) is 23.8. The van der Waals surface area contributed by atoms with Gasteiger partial charge in [-0.05, 0) is 25.5 Å². The summed E-state index contributed by atoms with van der Waals surface area (Å²) < 4.78 is 4.88. The van der Waals surface area contributed by atoms with E-state index in [0.717, 1.165) is 17.0 Å². The van der Waals surface area contributed by atoms with Crippen molar-refractivity contribution in [3.63, 3.8) is 0 Å². The zero-order chi connectivity index (χ0) is 12.3. The Labute approximate surface area is 99.3 Å². The Morgan fingerprint density at radius 3 is 2.76 bits per heavy atom. The van der Waals surface area contributed by atoms with E-state index >= 15 is 0 Å². The largest absolute Gasteiger partial charge is 0.461 e. The maximum Gasteiger partial charge on any atom is 0.356 e. The molecule has 0 saturated carbocycles. The van der Waals surface area contributed by atoms with Crippen LogP contribution in [0.1, 0.15) is 18.3 Å². The third-order valence-corrected chi connectivity index (χ3v) is 2.37. The van der Waals surface area contributed by atoms with Crippen molar-refractivity contribution in [1.29, 1.82) is 0 Å². The molecule has 0 aliphatic carbocycles. The Hall–Kier alpha value is -2.04. The molecule has 2 heterocycles. The van der Waals surface area contributed by atoms with Crippen LogP contribution < -0.4 is 0 Å². The fourth-order valence-electron chi connectivity index (χ4n) is 1.49. The average molecular weight is 231 g/mol. The Kier molecular flexibility index (Phi) is 3.27. The first-order valence-corrected chi connectivity index (χ1v) is 5.42. The van der Waals surface area contributed by atoms with Gasteiger partial charge in [0.15, 0.2) is 0 Å². The molecule has 2 rings (SSSR count). The summed E-state index contributed by atoms with van der Waals surface area (Å²) >= 11 is 0. The van der Waals surface area contributed by atoms with Gasteiger partial charge in [0.25, 0.3) is 0 Å². The van der Waals surface area contributed by atoms with Gasteiger partial charge < -0.3 is 4.74 Å². The minimum absolute atomic E-state index is 0.356. The van der Waals surface area contributed by atoms with Gasteiger partial charge in [-0.25, -0.2) is 14.8 Å². The summed E-state index contributed by atoms with van der Waals surface area (Å²) in [5.74, 6) is 0.342. The monoisotopic (exact) mass is 231 g/mol. The molecule has 88 valence electrons. The van der Waals surface area contributed by atoms with E-state index in [1.54, 1.807) is 25.4 Å². The van der Waals surface area contributed by atoms with Crippen LogP contribution in [0.4, 0.5) is 0 Å². The van der Waals surface area contributed by atoms with Crippen molar-refractivity contribution >= 4 is 17.3 Å². The summed E-state index contributed by atoms with van der Waals surface area (Å²) in [6.45, 7) is 4.43. The summed E-state index contributed by atoms with van der Waals surface area (Å²) in [6, 6.07) is 0. The molecule has 0 spiro atoms. The molecule has 0 unspecified atom stereocenters. The van der Waals surface area contributed by atoms with Crippen LogP contribution in [-0.4, -0.2) is 34.8 Å². The van der Waals surface area contributed by atoms with Crippen molar-refractivity contribution in [2.45, 2.75) is 13.8 Å². The van der Waals surface area contributed by atoms with Gasteiger partial charge in [-0.3, -0.25) is 4.99 Å². The van der Waals surface area contributed by atoms with Crippen molar-refractivity contribution in [3.8, 4) is 0 Å². The predicted molar refractivity (Wildman–Crippen MR) is 63.7 cm³/mol. The molecule has 0 N–H and O–H groups in total. The normalized spacial score (nSPS) is 14.2. The Balaban J connectivity index is 2.14. The molecular weight excluding hydrogens is 218 g/mol. The topological polar surface area (TPSA) is 64.4 Å². The summed E-state index contributed by atoms with van der Waals surface area (Å²) in [7, 11) is 0. The highest BCUT2D eigenvalue weighted by molar-refractivity contribution is 6.43. The molecule has 0 saturated heterocycles. The van der Waals surface area contributed by atoms with Crippen molar-refractivity contribution < 1.29 is 9.53 Å². The molecule has 0 atom stereocenters. The minimum Gasteiger partial charge on any atom is -0.461 e. The van der Waals surface area contributed by atoms with E-state index in [-0.39, 0.29) is 5.97 Å². The lowest BCUT2D eigenvalue weighted by atomic mass is 10.1. The van der Waals surface area contributed by atoms with Crippen LogP contribution in [0, 0.1) is 6.92 Å². The Bertz CT molecular complexity index is 489. The predicted octanol–water partition coefficient (Wildman–Crippen LogP) is 1.19. The zero-order valence-corrected chi connectivity index (χ0v) is 9.80. The molecule has 5 nitrogen and oxygen atoms in total. The van der Waals surface area contributed by atoms with Gasteiger partial charge in [0.05, 0.1) is 13.2 Å². The Morgan fingerprint density at radius 1 is 1.41 bits per heavy atom. The highest BCUT2D eigenvalue weighted by Crippen LogP contribution is 2.18. The molecule has 0 amide bonds.